The van der Waals surface area contributed by atoms with E-state index in [1.165, 1.54) is 55.2 Å². The molecule has 3 atom stereocenters. The van der Waals surface area contributed by atoms with Crippen molar-refractivity contribution in [3.8, 4) is 0 Å². The van der Waals surface area contributed by atoms with E-state index in [1.54, 1.807) is 11.1 Å². The van der Waals surface area contributed by atoms with Crippen molar-refractivity contribution in [3.05, 3.63) is 46.0 Å². The summed E-state index contributed by atoms with van der Waals surface area (Å²) in [5.41, 5.74) is 8.01. The van der Waals surface area contributed by atoms with Crippen molar-refractivity contribution in [1.29, 1.82) is 0 Å². The molecule has 1 aliphatic carbocycles. The van der Waals surface area contributed by atoms with E-state index >= 15 is 0 Å². The maximum atomic E-state index is 2.60. The second kappa shape index (κ2) is 9.64. The predicted octanol–water partition coefficient (Wildman–Crippen LogP) is 8.89. The number of rotatable bonds is 8. The molecular formula is C28H46. The summed E-state index contributed by atoms with van der Waals surface area (Å²) in [4.78, 5) is 0. The second-order valence-electron chi connectivity index (χ2n) is 10.7. The van der Waals surface area contributed by atoms with Gasteiger partial charge in [0.15, 0.2) is 0 Å². The van der Waals surface area contributed by atoms with Crippen molar-refractivity contribution in [2.24, 2.45) is 17.8 Å². The van der Waals surface area contributed by atoms with E-state index in [0.717, 1.165) is 17.8 Å². The van der Waals surface area contributed by atoms with Crippen molar-refractivity contribution < 1.29 is 0 Å². The van der Waals surface area contributed by atoms with Gasteiger partial charge in [-0.1, -0.05) is 91.0 Å². The molecule has 28 heavy (non-hydrogen) atoms. The van der Waals surface area contributed by atoms with E-state index in [9.17, 15) is 0 Å². The molecule has 0 heterocycles. The molecule has 0 amide bonds. The predicted molar refractivity (Wildman–Crippen MR) is 126 cm³/mol. The normalized spacial score (nSPS) is 23.2. The molecule has 0 fully saturated rings. The van der Waals surface area contributed by atoms with Crippen LogP contribution in [-0.4, -0.2) is 0 Å². The molecule has 0 aromatic heterocycles. The second-order valence-corrected chi connectivity index (χ2v) is 10.7. The lowest BCUT2D eigenvalue weighted by Gasteiger charge is -2.38. The Morgan fingerprint density at radius 1 is 1.00 bits per heavy atom. The van der Waals surface area contributed by atoms with E-state index < -0.39 is 0 Å². The molecule has 0 saturated heterocycles. The van der Waals surface area contributed by atoms with Crippen LogP contribution in [0.25, 0.3) is 0 Å². The van der Waals surface area contributed by atoms with E-state index in [0.29, 0.717) is 5.92 Å². The van der Waals surface area contributed by atoms with Crippen molar-refractivity contribution in [2.75, 3.05) is 0 Å². The maximum Gasteiger partial charge on any atom is 0.00568 e. The largest absolute Gasteiger partial charge is 0.0775 e. The van der Waals surface area contributed by atoms with E-state index in [-0.39, 0.29) is 5.41 Å². The van der Waals surface area contributed by atoms with Gasteiger partial charge >= 0.3 is 0 Å². The molecular weight excluding hydrogens is 336 g/mol. The average molecular weight is 383 g/mol. The monoisotopic (exact) mass is 382 g/mol. The zero-order valence-corrected chi connectivity index (χ0v) is 20.3. The van der Waals surface area contributed by atoms with Gasteiger partial charge < -0.3 is 0 Å². The van der Waals surface area contributed by atoms with Crippen LogP contribution in [0.5, 0.6) is 0 Å². The molecule has 0 aliphatic heterocycles. The molecule has 0 saturated carbocycles. The average Bonchev–Trinajstić information content (AvgIpc) is 2.60. The first-order chi connectivity index (χ1) is 13.1. The molecule has 1 aliphatic rings. The maximum absolute atomic E-state index is 2.60. The van der Waals surface area contributed by atoms with Gasteiger partial charge in [0.2, 0.25) is 0 Å². The van der Waals surface area contributed by atoms with Crippen LogP contribution in [0.15, 0.2) is 23.8 Å². The first kappa shape index (κ1) is 23.2. The van der Waals surface area contributed by atoms with Crippen LogP contribution < -0.4 is 0 Å². The van der Waals surface area contributed by atoms with Crippen LogP contribution in [0.3, 0.4) is 0 Å². The van der Waals surface area contributed by atoms with Gasteiger partial charge in [-0.2, -0.15) is 0 Å². The van der Waals surface area contributed by atoms with Gasteiger partial charge in [-0.05, 0) is 79.0 Å². The van der Waals surface area contributed by atoms with Gasteiger partial charge in [-0.15, -0.1) is 0 Å². The van der Waals surface area contributed by atoms with E-state index in [2.05, 4.69) is 80.5 Å². The fraction of sp³-hybridized carbons (Fsp3) is 0.714. The minimum absolute atomic E-state index is 0.270. The standard InChI is InChI=1S/C28H46/c1-10-11-12-13-14-28(8,9)24-15-22(6)27(23(7)16-24)26-18-21(5)20(4)17-25(26)19(2)3/h15-16,18-20,25-26H,10-14,17H2,1-9H3. The third-order valence-electron chi connectivity index (χ3n) is 7.53. The van der Waals surface area contributed by atoms with Crippen molar-refractivity contribution >= 4 is 0 Å². The third-order valence-corrected chi connectivity index (χ3v) is 7.53. The van der Waals surface area contributed by atoms with Crippen molar-refractivity contribution in [2.45, 2.75) is 112 Å². The molecule has 0 nitrogen and oxygen atoms in total. The van der Waals surface area contributed by atoms with Gasteiger partial charge in [-0.3, -0.25) is 0 Å². The van der Waals surface area contributed by atoms with Crippen LogP contribution in [0.4, 0.5) is 0 Å². The highest BCUT2D eigenvalue weighted by Crippen LogP contribution is 2.45. The Balaban J connectivity index is 2.35. The van der Waals surface area contributed by atoms with Crippen LogP contribution in [-0.2, 0) is 5.41 Å². The summed E-state index contributed by atoms with van der Waals surface area (Å²) >= 11 is 0. The summed E-state index contributed by atoms with van der Waals surface area (Å²) in [5, 5.41) is 0. The topological polar surface area (TPSA) is 0 Å². The molecule has 0 heteroatoms. The van der Waals surface area contributed by atoms with Gasteiger partial charge in [0.05, 0.1) is 0 Å². The fourth-order valence-corrected chi connectivity index (χ4v) is 5.33. The summed E-state index contributed by atoms with van der Waals surface area (Å²) < 4.78 is 0. The Bertz CT molecular complexity index is 650. The summed E-state index contributed by atoms with van der Waals surface area (Å²) in [6.07, 6.45) is 10.6. The van der Waals surface area contributed by atoms with Crippen LogP contribution >= 0.6 is 0 Å². The molecule has 3 unspecified atom stereocenters. The number of hydrogen-bond donors (Lipinski definition) is 0. The minimum Gasteiger partial charge on any atom is -0.0775 e. The quantitative estimate of drug-likeness (QED) is 0.311. The van der Waals surface area contributed by atoms with Gasteiger partial charge in [0.1, 0.15) is 0 Å². The van der Waals surface area contributed by atoms with Crippen LogP contribution in [0.1, 0.15) is 115 Å². The number of allylic oxidation sites excluding steroid dienone is 2. The lowest BCUT2D eigenvalue weighted by Crippen LogP contribution is -2.26. The highest BCUT2D eigenvalue weighted by atomic mass is 14.4. The highest BCUT2D eigenvalue weighted by Gasteiger charge is 2.33. The highest BCUT2D eigenvalue weighted by molar-refractivity contribution is 5.45. The third kappa shape index (κ3) is 5.31. The number of benzene rings is 1. The molecule has 0 radical (unpaired) electrons. The van der Waals surface area contributed by atoms with Gasteiger partial charge in [-0.25, -0.2) is 0 Å². The Morgan fingerprint density at radius 3 is 2.14 bits per heavy atom. The summed E-state index contributed by atoms with van der Waals surface area (Å²) in [7, 11) is 0. The molecule has 158 valence electrons. The van der Waals surface area contributed by atoms with E-state index in [1.807, 2.05) is 0 Å². The minimum atomic E-state index is 0.270. The first-order valence-corrected chi connectivity index (χ1v) is 11.9. The first-order valence-electron chi connectivity index (χ1n) is 11.9. The number of unbranched alkanes of at least 4 members (excludes halogenated alkanes) is 3. The SMILES string of the molecule is CCCCCCC(C)(C)c1cc(C)c(C2C=C(C)C(C)CC2C(C)C)c(C)c1. The van der Waals surface area contributed by atoms with Gasteiger partial charge in [0, 0.05) is 5.92 Å². The van der Waals surface area contributed by atoms with E-state index in [4.69, 9.17) is 0 Å². The number of aryl methyl sites for hydroxylation is 2. The summed E-state index contributed by atoms with van der Waals surface area (Å²) in [5.74, 6) is 2.79. The Kier molecular flexibility index (Phi) is 8.00. The Morgan fingerprint density at radius 2 is 1.61 bits per heavy atom. The summed E-state index contributed by atoms with van der Waals surface area (Å²) in [6.45, 7) is 21.5. The molecule has 1 aromatic rings. The zero-order valence-electron chi connectivity index (χ0n) is 20.3. The fourth-order valence-electron chi connectivity index (χ4n) is 5.33. The Labute approximate surface area is 176 Å². The summed E-state index contributed by atoms with van der Waals surface area (Å²) in [6, 6.07) is 5.03. The molecule has 1 aromatic carbocycles. The molecule has 0 spiro atoms. The van der Waals surface area contributed by atoms with Crippen LogP contribution in [0.2, 0.25) is 0 Å². The lowest BCUT2D eigenvalue weighted by atomic mass is 9.67. The Hall–Kier alpha value is -1.04. The van der Waals surface area contributed by atoms with Crippen molar-refractivity contribution in [1.82, 2.24) is 0 Å². The lowest BCUT2D eigenvalue weighted by molar-refractivity contribution is 0.279. The number of hydrogen-bond acceptors (Lipinski definition) is 0. The molecule has 0 bridgehead atoms. The van der Waals surface area contributed by atoms with Gasteiger partial charge in [0.25, 0.3) is 0 Å². The smallest absolute Gasteiger partial charge is 0.00568 e. The molecule has 2 rings (SSSR count). The van der Waals surface area contributed by atoms with Crippen molar-refractivity contribution in [3.63, 3.8) is 0 Å². The van der Waals surface area contributed by atoms with Crippen LogP contribution in [0, 0.1) is 31.6 Å². The zero-order chi connectivity index (χ0) is 21.1. The molecule has 0 N–H and O–H groups in total.